The van der Waals surface area contributed by atoms with Crippen LogP contribution >= 0.6 is 0 Å². The third kappa shape index (κ3) is 2.87. The molecule has 0 unspecified atom stereocenters. The number of hydrogen-bond acceptors (Lipinski definition) is 3. The van der Waals surface area contributed by atoms with Gasteiger partial charge in [0.2, 0.25) is 0 Å². The fourth-order valence-corrected chi connectivity index (χ4v) is 10.2. The normalized spacial score (nSPS) is 20.6. The van der Waals surface area contributed by atoms with Crippen LogP contribution < -0.4 is 0 Å². The van der Waals surface area contributed by atoms with Gasteiger partial charge in [0.15, 0.2) is 0 Å². The molecule has 1 rings (SSSR count). The third-order valence-corrected chi connectivity index (χ3v) is 13.2. The van der Waals surface area contributed by atoms with Crippen molar-refractivity contribution in [3.8, 4) is 0 Å². The van der Waals surface area contributed by atoms with Crippen LogP contribution in [-0.2, 0) is 0 Å². The minimum atomic E-state index is -1.58. The van der Waals surface area contributed by atoms with E-state index in [9.17, 15) is 0 Å². The summed E-state index contributed by atoms with van der Waals surface area (Å²) in [6.07, 6.45) is 0. The summed E-state index contributed by atoms with van der Waals surface area (Å²) in [5.41, 5.74) is 0. The van der Waals surface area contributed by atoms with Crippen LogP contribution in [0.5, 0.6) is 0 Å². The molecular weight excluding hydrogens is 293 g/mol. The molecule has 0 spiro atoms. The quantitative estimate of drug-likeness (QED) is 0.715. The first kappa shape index (κ1) is 13.7. The molecule has 0 atom stereocenters. The van der Waals surface area contributed by atoms with Gasteiger partial charge in [0.1, 0.15) is 0 Å². The number of nitrogens with zero attached hydrogens (tertiary/aromatic N) is 3. The van der Waals surface area contributed by atoms with E-state index >= 15 is 0 Å². The van der Waals surface area contributed by atoms with Gasteiger partial charge in [0.25, 0.3) is 0 Å². The van der Waals surface area contributed by atoms with E-state index in [0.29, 0.717) is 0 Å². The molecule has 0 saturated carbocycles. The molecule has 1 fully saturated rings. The van der Waals surface area contributed by atoms with Gasteiger partial charge in [-0.15, -0.1) is 0 Å². The van der Waals surface area contributed by atoms with E-state index in [1.54, 1.807) is 0 Å². The molecule has 0 aromatic rings. The average molecular weight is 319 g/mol. The van der Waals surface area contributed by atoms with Crippen LogP contribution in [0.1, 0.15) is 41.5 Å². The summed E-state index contributed by atoms with van der Waals surface area (Å²) >= 11 is -1.58. The van der Waals surface area contributed by atoms with Crippen molar-refractivity contribution in [3.05, 3.63) is 0 Å². The zero-order valence-corrected chi connectivity index (χ0v) is 14.0. The second kappa shape index (κ2) is 5.84. The van der Waals surface area contributed by atoms with Crippen molar-refractivity contribution >= 4 is 20.6 Å². The van der Waals surface area contributed by atoms with Crippen LogP contribution in [0, 0.1) is 0 Å². The Bertz CT molecular complexity index is 176. The molecule has 0 aromatic carbocycles. The van der Waals surface area contributed by atoms with Gasteiger partial charge in [-0.05, 0) is 0 Å². The third-order valence-electron chi connectivity index (χ3n) is 3.11. The van der Waals surface area contributed by atoms with E-state index in [0.717, 1.165) is 12.1 Å². The van der Waals surface area contributed by atoms with Gasteiger partial charge in [-0.1, -0.05) is 0 Å². The topological polar surface area (TPSA) is 9.72 Å². The molecule has 1 heterocycles. The van der Waals surface area contributed by atoms with Crippen molar-refractivity contribution in [1.29, 1.82) is 0 Å². The standard InChI is InChI=1S/C7H16N2.C4H10N.Sn/c1-6(2)8-5-9-7(3)4;1-3-5-4-2;/h6-7H,5H2,1-4H3;3-4H2,1-2H3;/q-2;-1;+3. The van der Waals surface area contributed by atoms with Crippen LogP contribution in [0.4, 0.5) is 0 Å². The second-order valence-corrected chi connectivity index (χ2v) is 11.5. The summed E-state index contributed by atoms with van der Waals surface area (Å²) in [5.74, 6) is 0. The van der Waals surface area contributed by atoms with Crippen LogP contribution in [0.15, 0.2) is 0 Å². The summed E-state index contributed by atoms with van der Waals surface area (Å²) in [4.78, 5) is 0. The average Bonchev–Trinajstić information content (AvgIpc) is 2.10. The summed E-state index contributed by atoms with van der Waals surface area (Å²) in [6, 6.07) is 1.46. The van der Waals surface area contributed by atoms with Gasteiger partial charge in [-0.25, -0.2) is 0 Å². The summed E-state index contributed by atoms with van der Waals surface area (Å²) in [7, 11) is 0. The Balaban J connectivity index is 2.67. The SMILES string of the molecule is CC[N](CC)[Sn]1[N](C(C)C)C[N]1C(C)C. The van der Waals surface area contributed by atoms with Crippen molar-refractivity contribution in [2.75, 3.05) is 19.8 Å². The Labute approximate surface area is 103 Å². The maximum atomic E-state index is 2.76. The van der Waals surface area contributed by atoms with Gasteiger partial charge >= 0.3 is 103 Å². The van der Waals surface area contributed by atoms with E-state index in [1.165, 1.54) is 19.8 Å². The van der Waals surface area contributed by atoms with Gasteiger partial charge in [0, 0.05) is 0 Å². The maximum absolute atomic E-state index is 2.76. The van der Waals surface area contributed by atoms with Crippen molar-refractivity contribution in [2.45, 2.75) is 53.6 Å². The van der Waals surface area contributed by atoms with Gasteiger partial charge in [0.05, 0.1) is 0 Å². The Hall–Kier alpha value is 0.679. The summed E-state index contributed by atoms with van der Waals surface area (Å²) in [5, 5.41) is 0. The van der Waals surface area contributed by atoms with Crippen LogP contribution in [0.2, 0.25) is 0 Å². The van der Waals surface area contributed by atoms with E-state index in [2.05, 4.69) is 50.9 Å². The molecule has 1 aliphatic heterocycles. The molecule has 3 nitrogen and oxygen atoms in total. The van der Waals surface area contributed by atoms with Gasteiger partial charge in [-0.2, -0.15) is 0 Å². The van der Waals surface area contributed by atoms with E-state index in [1.807, 2.05) is 0 Å². The van der Waals surface area contributed by atoms with Crippen LogP contribution in [0.25, 0.3) is 0 Å². The van der Waals surface area contributed by atoms with Gasteiger partial charge in [-0.3, -0.25) is 0 Å². The first-order chi connectivity index (χ1) is 7.02. The van der Waals surface area contributed by atoms with E-state index < -0.39 is 20.6 Å². The van der Waals surface area contributed by atoms with E-state index in [4.69, 9.17) is 0 Å². The molecule has 4 heteroatoms. The minimum absolute atomic E-state index is 0.731. The Kier molecular flexibility index (Phi) is 5.35. The van der Waals surface area contributed by atoms with Crippen molar-refractivity contribution < 1.29 is 0 Å². The monoisotopic (exact) mass is 320 g/mol. The van der Waals surface area contributed by atoms with Crippen molar-refractivity contribution in [2.24, 2.45) is 0 Å². The molecule has 1 aliphatic rings. The Morgan fingerprint density at radius 1 is 1.00 bits per heavy atom. The molecular formula is C11H26N3Sn. The fourth-order valence-electron chi connectivity index (χ4n) is 2.04. The van der Waals surface area contributed by atoms with Gasteiger partial charge < -0.3 is 0 Å². The van der Waals surface area contributed by atoms with Crippen molar-refractivity contribution in [1.82, 2.24) is 9.36 Å². The molecule has 0 aromatic heterocycles. The van der Waals surface area contributed by atoms with E-state index in [-0.39, 0.29) is 0 Å². The van der Waals surface area contributed by atoms with Crippen LogP contribution in [0.3, 0.4) is 0 Å². The first-order valence-corrected chi connectivity index (χ1v) is 10.0. The molecule has 1 saturated heterocycles. The number of rotatable bonds is 5. The zero-order valence-electron chi connectivity index (χ0n) is 11.1. The Morgan fingerprint density at radius 2 is 1.40 bits per heavy atom. The molecule has 0 amide bonds. The zero-order chi connectivity index (χ0) is 11.6. The molecule has 0 bridgehead atoms. The van der Waals surface area contributed by atoms with Crippen LogP contribution in [-0.4, -0.2) is 61.8 Å². The predicted molar refractivity (Wildman–Crippen MR) is 67.5 cm³/mol. The first-order valence-electron chi connectivity index (χ1n) is 6.18. The summed E-state index contributed by atoms with van der Waals surface area (Å²) < 4.78 is 8.25. The molecule has 1 radical (unpaired) electrons. The number of hydrogen-bond donors (Lipinski definition) is 0. The molecule has 0 N–H and O–H groups in total. The summed E-state index contributed by atoms with van der Waals surface area (Å²) in [6.45, 7) is 17.6. The second-order valence-electron chi connectivity index (χ2n) is 4.74. The predicted octanol–water partition coefficient (Wildman–Crippen LogP) is 1.70. The molecule has 0 aliphatic carbocycles. The Morgan fingerprint density at radius 3 is 1.67 bits per heavy atom. The molecule has 89 valence electrons. The fraction of sp³-hybridized carbons (Fsp3) is 1.00. The molecule has 15 heavy (non-hydrogen) atoms. The van der Waals surface area contributed by atoms with Crippen molar-refractivity contribution in [3.63, 3.8) is 0 Å².